The van der Waals surface area contributed by atoms with Gasteiger partial charge in [-0.05, 0) is 93.4 Å². The Morgan fingerprint density at radius 1 is 1.00 bits per heavy atom. The molecular weight excluding hydrogens is 512 g/mol. The largest absolute Gasteiger partial charge is 0.358 e. The van der Waals surface area contributed by atoms with Gasteiger partial charge in [-0.1, -0.05) is 67.6 Å². The Morgan fingerprint density at radius 2 is 1.71 bits per heavy atom. The molecule has 3 aromatic rings. The molecule has 5 heteroatoms. The molecule has 160 valence electrons. The predicted molar refractivity (Wildman–Crippen MR) is 147 cm³/mol. The molecule has 0 fully saturated rings. The van der Waals surface area contributed by atoms with Crippen molar-refractivity contribution in [1.29, 1.82) is 5.41 Å². The first-order valence-electron chi connectivity index (χ1n) is 10.6. The summed E-state index contributed by atoms with van der Waals surface area (Å²) in [5, 5.41) is 11.3. The van der Waals surface area contributed by atoms with Crippen molar-refractivity contribution in [3.8, 4) is 0 Å². The van der Waals surface area contributed by atoms with Crippen LogP contribution in [0.1, 0.15) is 47.6 Å². The van der Waals surface area contributed by atoms with E-state index in [0.29, 0.717) is 12.9 Å². The van der Waals surface area contributed by atoms with Gasteiger partial charge < -0.3 is 16.2 Å². The quantitative estimate of drug-likeness (QED) is 0.109. The maximum Gasteiger partial charge on any atom is 0.0465 e. The van der Waals surface area contributed by atoms with Crippen LogP contribution in [0.4, 0.5) is 5.69 Å². The summed E-state index contributed by atoms with van der Waals surface area (Å²) in [5.41, 5.74) is 15.0. The standard InChI is InChI=1S/C26H29IN3P/c1-2-24(20-8-4-3-5-9-20)26(21-12-10-19(11-13-21)7-6-16-28)22-14-15-25(30-31-27)23(17-22)18-29/h3-5,8-15,17-18,29-31H,2,6-7,16,28H2,1H3/b26-24+,29-18?. The average Bonchev–Trinajstić information content (AvgIpc) is 2.82. The minimum Gasteiger partial charge on any atom is -0.358 e. The molecule has 0 amide bonds. The second-order valence-electron chi connectivity index (χ2n) is 7.33. The lowest BCUT2D eigenvalue weighted by atomic mass is 9.87. The summed E-state index contributed by atoms with van der Waals surface area (Å²) in [7, 11) is 0. The number of hydrogen-bond acceptors (Lipinski definition) is 3. The van der Waals surface area contributed by atoms with Gasteiger partial charge in [0.25, 0.3) is 0 Å². The Kier molecular flexibility index (Phi) is 9.26. The summed E-state index contributed by atoms with van der Waals surface area (Å²) < 4.78 is 0. The second kappa shape index (κ2) is 12.1. The van der Waals surface area contributed by atoms with Gasteiger partial charge in [-0.2, -0.15) is 0 Å². The van der Waals surface area contributed by atoms with E-state index < -0.39 is 0 Å². The number of aryl methyl sites for hydroxylation is 1. The Hall–Kier alpha value is -2.01. The van der Waals surface area contributed by atoms with Gasteiger partial charge in [0.05, 0.1) is 0 Å². The van der Waals surface area contributed by atoms with E-state index in [-0.39, 0.29) is 0 Å². The first-order chi connectivity index (χ1) is 15.2. The molecule has 0 radical (unpaired) electrons. The van der Waals surface area contributed by atoms with E-state index in [1.807, 2.05) is 0 Å². The van der Waals surface area contributed by atoms with Gasteiger partial charge in [-0.15, -0.1) is 0 Å². The summed E-state index contributed by atoms with van der Waals surface area (Å²) >= 11 is 2.32. The fourth-order valence-electron chi connectivity index (χ4n) is 3.83. The van der Waals surface area contributed by atoms with Crippen molar-refractivity contribution in [2.24, 2.45) is 5.73 Å². The molecule has 4 N–H and O–H groups in total. The lowest BCUT2D eigenvalue weighted by Crippen LogP contribution is -2.01. The van der Waals surface area contributed by atoms with Crippen molar-refractivity contribution >= 4 is 51.5 Å². The van der Waals surface area contributed by atoms with Gasteiger partial charge >= 0.3 is 0 Å². The van der Waals surface area contributed by atoms with Crippen LogP contribution in [0, 0.1) is 5.41 Å². The van der Waals surface area contributed by atoms with Crippen LogP contribution in [-0.4, -0.2) is 12.8 Å². The minimum atomic E-state index is 0.566. The molecule has 3 rings (SSSR count). The number of rotatable bonds is 10. The normalized spacial score (nSPS) is 12.1. The highest BCUT2D eigenvalue weighted by Gasteiger charge is 2.14. The van der Waals surface area contributed by atoms with Crippen LogP contribution >= 0.6 is 28.4 Å². The highest BCUT2D eigenvalue weighted by molar-refractivity contribution is 14.2. The molecule has 0 heterocycles. The van der Waals surface area contributed by atoms with E-state index in [0.717, 1.165) is 36.1 Å². The molecule has 0 bridgehead atoms. The summed E-state index contributed by atoms with van der Waals surface area (Å²) in [6, 6.07) is 25.9. The minimum absolute atomic E-state index is 0.566. The average molecular weight is 541 g/mol. The van der Waals surface area contributed by atoms with Crippen LogP contribution < -0.4 is 10.8 Å². The number of allylic oxidation sites excluding steroid dienone is 1. The van der Waals surface area contributed by atoms with Gasteiger partial charge in [-0.3, -0.25) is 0 Å². The van der Waals surface area contributed by atoms with Crippen LogP contribution in [-0.2, 0) is 6.42 Å². The summed E-state index contributed by atoms with van der Waals surface area (Å²) in [5.74, 6) is 0. The Labute approximate surface area is 200 Å². The lowest BCUT2D eigenvalue weighted by molar-refractivity contribution is 0.832. The van der Waals surface area contributed by atoms with E-state index in [1.165, 1.54) is 34.1 Å². The van der Waals surface area contributed by atoms with Crippen molar-refractivity contribution in [2.75, 3.05) is 11.6 Å². The molecular formula is C26H29IN3P. The Morgan fingerprint density at radius 3 is 2.32 bits per heavy atom. The first kappa shape index (κ1) is 23.6. The van der Waals surface area contributed by atoms with Crippen molar-refractivity contribution < 1.29 is 0 Å². The molecule has 0 aliphatic rings. The fraction of sp³-hybridized carbons (Fsp3) is 0.192. The molecule has 3 nitrogen and oxygen atoms in total. The zero-order chi connectivity index (χ0) is 22.1. The molecule has 31 heavy (non-hydrogen) atoms. The van der Waals surface area contributed by atoms with Gasteiger partial charge in [0, 0.05) is 23.8 Å². The number of hydrogen-bond donors (Lipinski definition) is 3. The molecule has 0 aliphatic carbocycles. The maximum atomic E-state index is 7.92. The predicted octanol–water partition coefficient (Wildman–Crippen LogP) is 7.30. The third-order valence-corrected chi connectivity index (χ3v) is 6.54. The fourth-order valence-corrected chi connectivity index (χ4v) is 5.03. The Bertz CT molecular complexity index is 1030. The van der Waals surface area contributed by atoms with Crippen molar-refractivity contribution in [3.63, 3.8) is 0 Å². The van der Waals surface area contributed by atoms with Crippen molar-refractivity contribution in [2.45, 2.75) is 26.2 Å². The van der Waals surface area contributed by atoms with Crippen molar-refractivity contribution in [3.05, 3.63) is 101 Å². The third kappa shape index (κ3) is 6.03. The maximum absolute atomic E-state index is 7.92. The molecule has 0 saturated heterocycles. The first-order valence-corrected chi connectivity index (χ1v) is 14.7. The van der Waals surface area contributed by atoms with Gasteiger partial charge in [0.1, 0.15) is 0 Å². The van der Waals surface area contributed by atoms with Gasteiger partial charge in [-0.25, -0.2) is 0 Å². The van der Waals surface area contributed by atoms with E-state index >= 15 is 0 Å². The van der Waals surface area contributed by atoms with E-state index in [1.54, 1.807) is 0 Å². The molecule has 0 aromatic heterocycles. The van der Waals surface area contributed by atoms with Crippen LogP contribution in [0.2, 0.25) is 0 Å². The number of nitrogens with one attached hydrogen (secondary N) is 2. The van der Waals surface area contributed by atoms with Crippen LogP contribution in [0.15, 0.2) is 72.8 Å². The third-order valence-electron chi connectivity index (χ3n) is 5.37. The van der Waals surface area contributed by atoms with Crippen LogP contribution in [0.25, 0.3) is 11.1 Å². The van der Waals surface area contributed by atoms with Crippen LogP contribution in [0.3, 0.4) is 0 Å². The molecule has 0 aliphatic heterocycles. The molecule has 1 unspecified atom stereocenters. The summed E-state index contributed by atoms with van der Waals surface area (Å²) in [6.07, 6.45) is 4.93. The molecule has 0 spiro atoms. The van der Waals surface area contributed by atoms with Gasteiger partial charge in [0.2, 0.25) is 0 Å². The zero-order valence-electron chi connectivity index (χ0n) is 17.8. The van der Waals surface area contributed by atoms with Gasteiger partial charge in [0.15, 0.2) is 0 Å². The van der Waals surface area contributed by atoms with Crippen LogP contribution in [0.5, 0.6) is 0 Å². The second-order valence-corrected chi connectivity index (χ2v) is 9.39. The molecule has 0 saturated carbocycles. The SMILES string of the molecule is CC/C(=C(/c1ccc(CCCN)cc1)c1ccc(NPI)c(C=N)c1)c1ccccc1. The van der Waals surface area contributed by atoms with E-state index in [4.69, 9.17) is 11.1 Å². The van der Waals surface area contributed by atoms with E-state index in [9.17, 15) is 0 Å². The number of halogens is 1. The number of nitrogens with two attached hydrogens (primary N) is 1. The molecule has 1 atom stereocenters. The summed E-state index contributed by atoms with van der Waals surface area (Å²) in [6.45, 7) is 2.92. The Balaban J connectivity index is 2.18. The van der Waals surface area contributed by atoms with Crippen molar-refractivity contribution in [1.82, 2.24) is 0 Å². The summed E-state index contributed by atoms with van der Waals surface area (Å²) in [4.78, 5) is 0. The number of benzene rings is 3. The topological polar surface area (TPSA) is 61.9 Å². The number of anilines is 1. The lowest BCUT2D eigenvalue weighted by Gasteiger charge is -2.18. The van der Waals surface area contributed by atoms with E-state index in [2.05, 4.69) is 107 Å². The highest BCUT2D eigenvalue weighted by Crippen LogP contribution is 2.36. The monoisotopic (exact) mass is 541 g/mol. The smallest absolute Gasteiger partial charge is 0.0465 e. The zero-order valence-corrected chi connectivity index (χ0v) is 20.9. The molecule has 3 aromatic carbocycles. The highest BCUT2D eigenvalue weighted by atomic mass is 127.